The van der Waals surface area contributed by atoms with E-state index >= 15 is 0 Å². The number of allylic oxidation sites excluding steroid dienone is 3. The van der Waals surface area contributed by atoms with E-state index in [1.54, 1.807) is 6.08 Å². The van der Waals surface area contributed by atoms with Crippen LogP contribution in [0, 0.1) is 0 Å². The molecule has 0 aromatic heterocycles. The molecule has 9 heteroatoms. The average Bonchev–Trinajstić information content (AvgIpc) is 3.25. The highest BCUT2D eigenvalue weighted by molar-refractivity contribution is 5.76. The molecule has 1 rings (SSSR count). The van der Waals surface area contributed by atoms with Gasteiger partial charge in [-0.15, -0.1) is 0 Å². The lowest BCUT2D eigenvalue weighted by molar-refractivity contribution is -0.302. The van der Waals surface area contributed by atoms with Crippen LogP contribution in [0.5, 0.6) is 0 Å². The van der Waals surface area contributed by atoms with E-state index < -0.39 is 49.5 Å². The highest BCUT2D eigenvalue weighted by Crippen LogP contribution is 2.23. The van der Waals surface area contributed by atoms with Crippen molar-refractivity contribution in [3.8, 4) is 0 Å². The number of carbonyl (C=O) groups excluding carboxylic acids is 1. The summed E-state index contributed by atoms with van der Waals surface area (Å²) in [4.78, 5) is 13.0. The molecule has 354 valence electrons. The summed E-state index contributed by atoms with van der Waals surface area (Å²) in [5.41, 5.74) is 0. The molecular formula is C51H97NO8. The molecule has 7 unspecified atom stereocenters. The quantitative estimate of drug-likeness (QED) is 0.0262. The second-order valence-electron chi connectivity index (χ2n) is 18.0. The summed E-state index contributed by atoms with van der Waals surface area (Å²) < 4.78 is 11.2. The van der Waals surface area contributed by atoms with Gasteiger partial charge in [-0.3, -0.25) is 4.79 Å². The molecule has 0 spiro atoms. The third-order valence-corrected chi connectivity index (χ3v) is 12.3. The Kier molecular flexibility index (Phi) is 39.4. The second kappa shape index (κ2) is 41.7. The summed E-state index contributed by atoms with van der Waals surface area (Å²) in [5, 5.41) is 54.3. The molecule has 60 heavy (non-hydrogen) atoms. The molecule has 0 bridgehead atoms. The van der Waals surface area contributed by atoms with Crippen LogP contribution in [0.1, 0.15) is 239 Å². The van der Waals surface area contributed by atoms with Crippen LogP contribution in [0.4, 0.5) is 0 Å². The van der Waals surface area contributed by atoms with Crippen LogP contribution in [0.2, 0.25) is 0 Å². The summed E-state index contributed by atoms with van der Waals surface area (Å²) in [5.74, 6) is -0.180. The molecule has 0 aliphatic carbocycles. The lowest BCUT2D eigenvalue weighted by atomic mass is 9.99. The fourth-order valence-electron chi connectivity index (χ4n) is 8.15. The predicted octanol–water partition coefficient (Wildman–Crippen LogP) is 11.5. The van der Waals surface area contributed by atoms with Gasteiger partial charge >= 0.3 is 0 Å². The number of rotatable bonds is 43. The van der Waals surface area contributed by atoms with Crippen LogP contribution in [0.3, 0.4) is 0 Å². The normalized spacial score (nSPS) is 20.7. The number of amides is 1. The van der Waals surface area contributed by atoms with E-state index in [1.165, 1.54) is 180 Å². The number of hydrogen-bond acceptors (Lipinski definition) is 8. The third kappa shape index (κ3) is 31.5. The Morgan fingerprint density at radius 3 is 1.35 bits per heavy atom. The minimum absolute atomic E-state index is 0.180. The Balaban J connectivity index is 2.27. The first-order valence-corrected chi connectivity index (χ1v) is 25.6. The van der Waals surface area contributed by atoms with Gasteiger partial charge < -0.3 is 40.3 Å². The fraction of sp³-hybridized carbons (Fsp3) is 0.902. The maximum atomic E-state index is 13.0. The summed E-state index contributed by atoms with van der Waals surface area (Å²) in [7, 11) is 0. The van der Waals surface area contributed by atoms with Crippen molar-refractivity contribution in [2.75, 3.05) is 13.2 Å². The topological polar surface area (TPSA) is 149 Å². The predicted molar refractivity (Wildman–Crippen MR) is 249 cm³/mol. The Labute approximate surface area is 369 Å². The molecular weight excluding hydrogens is 755 g/mol. The van der Waals surface area contributed by atoms with Gasteiger partial charge in [-0.2, -0.15) is 0 Å². The monoisotopic (exact) mass is 852 g/mol. The minimum atomic E-state index is -1.56. The maximum absolute atomic E-state index is 13.0. The Morgan fingerprint density at radius 1 is 0.550 bits per heavy atom. The molecule has 1 aliphatic rings. The molecule has 0 radical (unpaired) electrons. The van der Waals surface area contributed by atoms with E-state index in [4.69, 9.17) is 9.47 Å². The van der Waals surface area contributed by atoms with Crippen molar-refractivity contribution in [1.82, 2.24) is 5.32 Å². The van der Waals surface area contributed by atoms with E-state index in [1.807, 2.05) is 6.08 Å². The van der Waals surface area contributed by atoms with Crippen molar-refractivity contribution in [2.45, 2.75) is 281 Å². The first kappa shape index (κ1) is 56.7. The van der Waals surface area contributed by atoms with Crippen molar-refractivity contribution < 1.29 is 39.8 Å². The van der Waals surface area contributed by atoms with Gasteiger partial charge in [0.25, 0.3) is 0 Å². The summed E-state index contributed by atoms with van der Waals surface area (Å²) >= 11 is 0. The van der Waals surface area contributed by atoms with Gasteiger partial charge in [0.15, 0.2) is 6.29 Å². The number of aliphatic hydroxyl groups excluding tert-OH is 5. The number of aliphatic hydroxyl groups is 5. The van der Waals surface area contributed by atoms with Crippen LogP contribution in [0.25, 0.3) is 0 Å². The van der Waals surface area contributed by atoms with Crippen molar-refractivity contribution >= 4 is 5.91 Å². The Morgan fingerprint density at radius 2 is 0.933 bits per heavy atom. The molecule has 1 heterocycles. The lowest BCUT2D eigenvalue weighted by Gasteiger charge is -2.40. The number of nitrogens with one attached hydrogen (secondary N) is 1. The molecule has 6 N–H and O–H groups in total. The van der Waals surface area contributed by atoms with E-state index in [-0.39, 0.29) is 12.5 Å². The maximum Gasteiger partial charge on any atom is 0.220 e. The average molecular weight is 852 g/mol. The van der Waals surface area contributed by atoms with Crippen molar-refractivity contribution in [2.24, 2.45) is 0 Å². The molecule has 9 nitrogen and oxygen atoms in total. The smallest absolute Gasteiger partial charge is 0.220 e. The van der Waals surface area contributed by atoms with E-state index in [0.717, 1.165) is 38.5 Å². The van der Waals surface area contributed by atoms with Crippen LogP contribution in [-0.2, 0) is 14.3 Å². The zero-order valence-electron chi connectivity index (χ0n) is 39.0. The standard InChI is InChI=1S/C51H97NO8/c1-3-5-7-9-11-13-15-17-19-20-21-22-23-24-25-26-27-29-31-33-35-37-39-41-47(55)52-44(43-59-51-50(58)49(57)48(56)46(42-53)60-51)45(54)40-38-36-34-32-30-28-18-16-14-12-10-8-6-4-2/h24-25,38,40,44-46,48-51,53-54,56-58H,3-23,26-37,39,41-43H2,1-2H3,(H,52,55)/b25-24-,40-38+. The Hall–Kier alpha value is -1.33. The fourth-order valence-corrected chi connectivity index (χ4v) is 8.15. The van der Waals surface area contributed by atoms with Gasteiger partial charge in [0.05, 0.1) is 25.4 Å². The van der Waals surface area contributed by atoms with Gasteiger partial charge in [-0.1, -0.05) is 212 Å². The molecule has 7 atom stereocenters. The second-order valence-corrected chi connectivity index (χ2v) is 18.0. The van der Waals surface area contributed by atoms with E-state index in [0.29, 0.717) is 6.42 Å². The van der Waals surface area contributed by atoms with Crippen molar-refractivity contribution in [3.05, 3.63) is 24.3 Å². The van der Waals surface area contributed by atoms with Crippen LogP contribution >= 0.6 is 0 Å². The molecule has 0 aromatic carbocycles. The highest BCUT2D eigenvalue weighted by atomic mass is 16.7. The van der Waals surface area contributed by atoms with E-state index in [9.17, 15) is 30.3 Å². The Bertz CT molecular complexity index is 992. The number of hydrogen-bond donors (Lipinski definition) is 6. The van der Waals surface area contributed by atoms with Gasteiger partial charge in [-0.05, 0) is 44.9 Å². The summed E-state index contributed by atoms with van der Waals surface area (Å²) in [6.07, 6.45) is 43.7. The first-order valence-electron chi connectivity index (χ1n) is 25.6. The van der Waals surface area contributed by atoms with Crippen LogP contribution in [0.15, 0.2) is 24.3 Å². The molecule has 0 aromatic rings. The molecule has 0 saturated carbocycles. The lowest BCUT2D eigenvalue weighted by Crippen LogP contribution is -2.60. The first-order chi connectivity index (χ1) is 29.3. The number of carbonyl (C=O) groups is 1. The highest BCUT2D eigenvalue weighted by Gasteiger charge is 2.44. The molecule has 1 amide bonds. The zero-order valence-corrected chi connectivity index (χ0v) is 39.0. The third-order valence-electron chi connectivity index (χ3n) is 12.3. The zero-order chi connectivity index (χ0) is 43.7. The van der Waals surface area contributed by atoms with E-state index in [2.05, 4.69) is 31.3 Å². The van der Waals surface area contributed by atoms with Crippen molar-refractivity contribution in [1.29, 1.82) is 0 Å². The van der Waals surface area contributed by atoms with Crippen LogP contribution < -0.4 is 5.32 Å². The molecule has 1 fully saturated rings. The number of unbranched alkanes of at least 4 members (excludes halogenated alkanes) is 31. The van der Waals surface area contributed by atoms with Crippen molar-refractivity contribution in [3.63, 3.8) is 0 Å². The van der Waals surface area contributed by atoms with Gasteiger partial charge in [-0.25, -0.2) is 0 Å². The van der Waals surface area contributed by atoms with Gasteiger partial charge in [0.1, 0.15) is 24.4 Å². The largest absolute Gasteiger partial charge is 0.394 e. The van der Waals surface area contributed by atoms with Gasteiger partial charge in [0, 0.05) is 6.42 Å². The summed E-state index contributed by atoms with van der Waals surface area (Å²) in [6, 6.07) is -0.804. The summed E-state index contributed by atoms with van der Waals surface area (Å²) in [6.45, 7) is 3.79. The molecule has 1 saturated heterocycles. The minimum Gasteiger partial charge on any atom is -0.394 e. The van der Waals surface area contributed by atoms with Gasteiger partial charge in [0.2, 0.25) is 5.91 Å². The van der Waals surface area contributed by atoms with Crippen LogP contribution in [-0.4, -0.2) is 87.5 Å². The SMILES string of the molecule is CCCCCCCCCCCCCC/C=C\CCCCCCCCCC(=O)NC(COC1OC(CO)C(O)C(O)C1O)C(O)/C=C/CCCCCCCCCCCCCC. The number of ether oxygens (including phenoxy) is 2. The molecule has 1 aliphatic heterocycles.